The number of anilines is 1. The van der Waals surface area contributed by atoms with E-state index in [1.165, 1.54) is 0 Å². The molecule has 4 heterocycles. The quantitative estimate of drug-likeness (QED) is 0.361. The van der Waals surface area contributed by atoms with Gasteiger partial charge < -0.3 is 29.5 Å². The highest BCUT2D eigenvalue weighted by Gasteiger charge is 2.19. The number of aromatic amines is 1. The summed E-state index contributed by atoms with van der Waals surface area (Å²) in [5.74, 6) is 0.472. The van der Waals surface area contributed by atoms with Crippen molar-refractivity contribution in [1.82, 2.24) is 25.9 Å². The van der Waals surface area contributed by atoms with E-state index >= 15 is 0 Å². The predicted octanol–water partition coefficient (Wildman–Crippen LogP) is 1.68. The molecule has 1 aromatic heterocycles. The minimum absolute atomic E-state index is 0.0193. The molecule has 0 unspecified atom stereocenters. The van der Waals surface area contributed by atoms with E-state index in [0.717, 1.165) is 67.6 Å². The fraction of sp³-hybridized carbons (Fsp3) is 0.379. The monoisotopic (exact) mass is 546 g/mol. The van der Waals surface area contributed by atoms with Crippen molar-refractivity contribution in [2.24, 2.45) is 0 Å². The number of esters is 1. The van der Waals surface area contributed by atoms with Gasteiger partial charge in [-0.1, -0.05) is 24.3 Å². The first kappa shape index (κ1) is 26.3. The number of rotatable bonds is 8. The molecule has 210 valence electrons. The third-order valence-corrected chi connectivity index (χ3v) is 7.37. The van der Waals surface area contributed by atoms with Crippen molar-refractivity contribution in [2.75, 3.05) is 70.7 Å². The van der Waals surface area contributed by atoms with E-state index in [-0.39, 0.29) is 11.4 Å². The number of hydrogen-bond donors (Lipinski definition) is 3. The molecular weight excluding hydrogens is 512 g/mol. The van der Waals surface area contributed by atoms with Crippen molar-refractivity contribution in [3.8, 4) is 0 Å². The van der Waals surface area contributed by atoms with Crippen molar-refractivity contribution in [3.63, 3.8) is 0 Å². The minimum atomic E-state index is -0.324. The van der Waals surface area contributed by atoms with Crippen LogP contribution in [0.1, 0.15) is 21.5 Å². The van der Waals surface area contributed by atoms with E-state index in [9.17, 15) is 9.59 Å². The molecule has 2 aromatic carbocycles. The third kappa shape index (κ3) is 5.97. The van der Waals surface area contributed by atoms with Crippen LogP contribution in [0.15, 0.2) is 59.5 Å². The van der Waals surface area contributed by atoms with Crippen LogP contribution < -0.4 is 21.3 Å². The molecule has 40 heavy (non-hydrogen) atoms. The maximum atomic E-state index is 13.0. The number of pyridine rings is 1. The second-order valence-corrected chi connectivity index (χ2v) is 10.0. The third-order valence-electron chi connectivity index (χ3n) is 7.37. The highest BCUT2D eigenvalue weighted by molar-refractivity contribution is 5.91. The number of hydrazine groups is 2. The minimum Gasteiger partial charge on any atom is -0.461 e. The van der Waals surface area contributed by atoms with Crippen molar-refractivity contribution in [2.45, 2.75) is 6.54 Å². The van der Waals surface area contributed by atoms with Gasteiger partial charge in [0.1, 0.15) is 12.4 Å². The average molecular weight is 547 g/mol. The fourth-order valence-electron chi connectivity index (χ4n) is 5.20. The second-order valence-electron chi connectivity index (χ2n) is 10.0. The predicted molar refractivity (Wildman–Crippen MR) is 151 cm³/mol. The molecule has 0 amide bonds. The molecule has 6 rings (SSSR count). The van der Waals surface area contributed by atoms with Gasteiger partial charge in [0.2, 0.25) is 0 Å². The number of nitrogens with one attached hydrogen (secondary N) is 3. The summed E-state index contributed by atoms with van der Waals surface area (Å²) in [7, 11) is 0. The number of hydrogen-bond acceptors (Lipinski definition) is 10. The molecule has 0 spiro atoms. The van der Waals surface area contributed by atoms with E-state index < -0.39 is 0 Å². The molecule has 11 nitrogen and oxygen atoms in total. The lowest BCUT2D eigenvalue weighted by Gasteiger charge is -2.28. The number of carbonyl (C=O) groups is 1. The number of para-hydroxylation sites is 1. The van der Waals surface area contributed by atoms with Gasteiger partial charge >= 0.3 is 5.97 Å². The molecule has 0 aliphatic carbocycles. The Morgan fingerprint density at radius 2 is 1.73 bits per heavy atom. The van der Waals surface area contributed by atoms with Crippen molar-refractivity contribution in [1.29, 1.82) is 0 Å². The van der Waals surface area contributed by atoms with Crippen LogP contribution in [0.3, 0.4) is 0 Å². The van der Waals surface area contributed by atoms with E-state index in [1.54, 1.807) is 12.1 Å². The van der Waals surface area contributed by atoms with Crippen molar-refractivity contribution < 1.29 is 19.0 Å². The molecule has 3 aliphatic rings. The summed E-state index contributed by atoms with van der Waals surface area (Å²) < 4.78 is 16.3. The Balaban J connectivity index is 1.14. The number of aromatic nitrogens is 1. The Kier molecular flexibility index (Phi) is 7.96. The maximum Gasteiger partial charge on any atom is 0.338 e. The Labute approximate surface area is 232 Å². The number of benzene rings is 2. The van der Waals surface area contributed by atoms with Crippen LogP contribution in [0.2, 0.25) is 0 Å². The SMILES string of the molecule is O=C(OCCN1CCOCC1)c1cccc(CN2C=C(c3cccc4c(=O)cc(N5CCOCC5)[nH]c34)NN2)c1. The lowest BCUT2D eigenvalue weighted by molar-refractivity contribution is 0.0195. The van der Waals surface area contributed by atoms with E-state index in [1.807, 2.05) is 47.6 Å². The second kappa shape index (κ2) is 12.1. The van der Waals surface area contributed by atoms with Gasteiger partial charge in [-0.3, -0.25) is 14.7 Å². The fourth-order valence-corrected chi connectivity index (χ4v) is 5.20. The van der Waals surface area contributed by atoms with Gasteiger partial charge in [0.05, 0.1) is 49.7 Å². The van der Waals surface area contributed by atoms with Gasteiger partial charge in [0.25, 0.3) is 0 Å². The van der Waals surface area contributed by atoms with Gasteiger partial charge in [0.15, 0.2) is 5.43 Å². The summed E-state index contributed by atoms with van der Waals surface area (Å²) in [4.78, 5) is 33.5. The zero-order valence-corrected chi connectivity index (χ0v) is 22.4. The van der Waals surface area contributed by atoms with E-state index in [4.69, 9.17) is 14.2 Å². The molecular formula is C29H34N6O5. The van der Waals surface area contributed by atoms with E-state index in [0.29, 0.717) is 43.9 Å². The molecule has 2 saturated heterocycles. The summed E-state index contributed by atoms with van der Waals surface area (Å²) in [6, 6.07) is 14.9. The largest absolute Gasteiger partial charge is 0.461 e. The molecule has 0 radical (unpaired) electrons. The average Bonchev–Trinajstić information content (AvgIpc) is 3.46. The molecule has 3 aliphatic heterocycles. The molecule has 0 bridgehead atoms. The smallest absolute Gasteiger partial charge is 0.338 e. The number of fused-ring (bicyclic) bond motifs is 1. The van der Waals surface area contributed by atoms with Crippen LogP contribution in [0.25, 0.3) is 16.6 Å². The van der Waals surface area contributed by atoms with Crippen LogP contribution in [0.4, 0.5) is 5.82 Å². The van der Waals surface area contributed by atoms with Crippen molar-refractivity contribution >= 4 is 28.4 Å². The summed E-state index contributed by atoms with van der Waals surface area (Å²) >= 11 is 0. The first-order valence-corrected chi connectivity index (χ1v) is 13.7. The van der Waals surface area contributed by atoms with Gasteiger partial charge in [0, 0.05) is 55.9 Å². The lowest BCUT2D eigenvalue weighted by atomic mass is 10.1. The Bertz CT molecular complexity index is 1440. The molecule has 2 fully saturated rings. The number of ether oxygens (including phenoxy) is 3. The highest BCUT2D eigenvalue weighted by atomic mass is 16.5. The standard InChI is InChI=1S/C29H34N6O5/c36-26-18-27(34-10-14-39-15-11-34)30-28-23(5-2-6-24(26)28)25-20-35(32-31-25)19-21-3-1-4-22(17-21)29(37)40-16-9-33-7-12-38-13-8-33/h1-6,17-18,20,31-32H,7-16,19H2,(H,30,36). The van der Waals surface area contributed by atoms with Gasteiger partial charge in [-0.25, -0.2) is 4.79 Å². The maximum absolute atomic E-state index is 13.0. The number of nitrogens with zero attached hydrogens (tertiary/aromatic N) is 3. The lowest BCUT2D eigenvalue weighted by Crippen LogP contribution is -2.38. The van der Waals surface area contributed by atoms with Crippen LogP contribution >= 0.6 is 0 Å². The summed E-state index contributed by atoms with van der Waals surface area (Å²) in [6.45, 7) is 7.51. The van der Waals surface area contributed by atoms with Crippen LogP contribution in [-0.2, 0) is 20.8 Å². The van der Waals surface area contributed by atoms with Gasteiger partial charge in [-0.2, -0.15) is 0 Å². The number of H-pyrrole nitrogens is 1. The van der Waals surface area contributed by atoms with Crippen LogP contribution in [0, 0.1) is 0 Å². The molecule has 3 aromatic rings. The van der Waals surface area contributed by atoms with Crippen LogP contribution in [0.5, 0.6) is 0 Å². The normalized spacial score (nSPS) is 18.1. The summed E-state index contributed by atoms with van der Waals surface area (Å²) in [6.07, 6.45) is 1.96. The summed E-state index contributed by atoms with van der Waals surface area (Å²) in [5, 5.41) is 2.54. The Hall–Kier alpha value is -3.90. The Morgan fingerprint density at radius 1 is 0.950 bits per heavy atom. The van der Waals surface area contributed by atoms with Gasteiger partial charge in [-0.15, -0.1) is 5.53 Å². The first-order chi connectivity index (χ1) is 19.6. The van der Waals surface area contributed by atoms with Crippen LogP contribution in [-0.4, -0.2) is 86.6 Å². The zero-order valence-electron chi connectivity index (χ0n) is 22.4. The number of morpholine rings is 2. The molecule has 0 saturated carbocycles. The topological polar surface area (TPSA) is 111 Å². The Morgan fingerprint density at radius 3 is 2.55 bits per heavy atom. The first-order valence-electron chi connectivity index (χ1n) is 13.7. The molecule has 3 N–H and O–H groups in total. The summed E-state index contributed by atoms with van der Waals surface area (Å²) in [5.41, 5.74) is 10.4. The van der Waals surface area contributed by atoms with Crippen molar-refractivity contribution in [3.05, 3.63) is 81.6 Å². The zero-order chi connectivity index (χ0) is 27.3. The highest BCUT2D eigenvalue weighted by Crippen LogP contribution is 2.25. The molecule has 11 heteroatoms. The number of carbonyl (C=O) groups excluding carboxylic acids is 1. The van der Waals surface area contributed by atoms with Gasteiger partial charge in [-0.05, 0) is 23.8 Å². The molecule has 0 atom stereocenters. The van der Waals surface area contributed by atoms with E-state index in [2.05, 4.69) is 25.7 Å².